The Balaban J connectivity index is 1.93. The molecule has 0 aromatic heterocycles. The highest BCUT2D eigenvalue weighted by Gasteiger charge is 2.04. The summed E-state index contributed by atoms with van der Waals surface area (Å²) in [5.74, 6) is 0. The molecule has 1 nitrogen and oxygen atoms in total. The summed E-state index contributed by atoms with van der Waals surface area (Å²) in [6, 6.07) is 10.7. The zero-order valence-electron chi connectivity index (χ0n) is 12.6. The minimum Gasteiger partial charge on any atom is -0.324 e. The Kier molecular flexibility index (Phi) is 9.44. The Labute approximate surface area is 119 Å². The number of rotatable bonds is 11. The molecule has 0 aliphatic carbocycles. The largest absolute Gasteiger partial charge is 0.324 e. The van der Waals surface area contributed by atoms with E-state index >= 15 is 0 Å². The Morgan fingerprint density at radius 2 is 1.32 bits per heavy atom. The second-order valence-electron chi connectivity index (χ2n) is 5.63. The van der Waals surface area contributed by atoms with E-state index < -0.39 is 0 Å². The average molecular weight is 261 g/mol. The van der Waals surface area contributed by atoms with Crippen LogP contribution in [-0.4, -0.2) is 0 Å². The van der Waals surface area contributed by atoms with Gasteiger partial charge in [0.05, 0.1) is 0 Å². The summed E-state index contributed by atoms with van der Waals surface area (Å²) in [4.78, 5) is 0. The lowest BCUT2D eigenvalue weighted by Gasteiger charge is -2.11. The number of benzene rings is 1. The lowest BCUT2D eigenvalue weighted by Crippen LogP contribution is -2.09. The summed E-state index contributed by atoms with van der Waals surface area (Å²) in [6.07, 6.45) is 13.6. The molecule has 0 spiro atoms. The molecule has 0 fully saturated rings. The molecular formula is C18H31N. The van der Waals surface area contributed by atoms with Gasteiger partial charge in [0, 0.05) is 6.04 Å². The van der Waals surface area contributed by atoms with Crippen LogP contribution in [0.15, 0.2) is 30.3 Å². The average Bonchev–Trinajstić information content (AvgIpc) is 2.46. The molecule has 108 valence electrons. The van der Waals surface area contributed by atoms with Crippen LogP contribution in [0.1, 0.15) is 82.7 Å². The molecule has 0 saturated heterocycles. The van der Waals surface area contributed by atoms with E-state index in [-0.39, 0.29) is 6.04 Å². The Hall–Kier alpha value is -0.820. The van der Waals surface area contributed by atoms with Crippen LogP contribution in [0.5, 0.6) is 0 Å². The van der Waals surface area contributed by atoms with Crippen LogP contribution in [0.3, 0.4) is 0 Å². The van der Waals surface area contributed by atoms with Crippen molar-refractivity contribution in [2.24, 2.45) is 5.73 Å². The van der Waals surface area contributed by atoms with Crippen LogP contribution in [0.2, 0.25) is 0 Å². The number of hydrogen-bond acceptors (Lipinski definition) is 1. The fraction of sp³-hybridized carbons (Fsp3) is 0.667. The fourth-order valence-corrected chi connectivity index (χ4v) is 2.54. The van der Waals surface area contributed by atoms with Crippen LogP contribution in [0, 0.1) is 0 Å². The van der Waals surface area contributed by atoms with Gasteiger partial charge in [-0.3, -0.25) is 0 Å². The van der Waals surface area contributed by atoms with Crippen molar-refractivity contribution in [3.63, 3.8) is 0 Å². The molecule has 0 heterocycles. The normalized spacial score (nSPS) is 12.5. The second kappa shape index (κ2) is 11.0. The molecule has 1 aromatic rings. The van der Waals surface area contributed by atoms with Crippen LogP contribution >= 0.6 is 0 Å². The predicted molar refractivity (Wildman–Crippen MR) is 85.2 cm³/mol. The number of hydrogen-bond donors (Lipinski definition) is 1. The third-order valence-corrected chi connectivity index (χ3v) is 3.85. The molecular weight excluding hydrogens is 230 g/mol. The standard InChI is InChI=1S/C18H31N/c1-2-3-4-5-6-7-8-9-13-16-18(19)17-14-11-10-12-15-17/h10-12,14-15,18H,2-9,13,16,19H2,1H3. The minimum atomic E-state index is 0.228. The van der Waals surface area contributed by atoms with E-state index in [0.717, 1.165) is 6.42 Å². The van der Waals surface area contributed by atoms with Crippen molar-refractivity contribution < 1.29 is 0 Å². The van der Waals surface area contributed by atoms with E-state index in [0.29, 0.717) is 0 Å². The highest BCUT2D eigenvalue weighted by Crippen LogP contribution is 2.18. The third-order valence-electron chi connectivity index (χ3n) is 3.85. The van der Waals surface area contributed by atoms with Gasteiger partial charge in [-0.05, 0) is 12.0 Å². The van der Waals surface area contributed by atoms with E-state index in [1.807, 2.05) is 0 Å². The summed E-state index contributed by atoms with van der Waals surface area (Å²) in [5, 5.41) is 0. The van der Waals surface area contributed by atoms with Gasteiger partial charge in [0.25, 0.3) is 0 Å². The number of unbranched alkanes of at least 4 members (excludes halogenated alkanes) is 8. The van der Waals surface area contributed by atoms with Crippen molar-refractivity contribution in [1.29, 1.82) is 0 Å². The highest BCUT2D eigenvalue weighted by molar-refractivity contribution is 5.18. The van der Waals surface area contributed by atoms with Gasteiger partial charge >= 0.3 is 0 Å². The van der Waals surface area contributed by atoms with Crippen molar-refractivity contribution in [1.82, 2.24) is 0 Å². The zero-order chi connectivity index (χ0) is 13.8. The molecule has 0 saturated carbocycles. The molecule has 0 aliphatic heterocycles. The molecule has 1 aromatic carbocycles. The van der Waals surface area contributed by atoms with Gasteiger partial charge in [-0.2, -0.15) is 0 Å². The smallest absolute Gasteiger partial charge is 0.0294 e. The highest BCUT2D eigenvalue weighted by atomic mass is 14.6. The topological polar surface area (TPSA) is 26.0 Å². The maximum Gasteiger partial charge on any atom is 0.0294 e. The van der Waals surface area contributed by atoms with Crippen LogP contribution in [0.25, 0.3) is 0 Å². The van der Waals surface area contributed by atoms with Crippen molar-refractivity contribution in [2.75, 3.05) is 0 Å². The molecule has 0 bridgehead atoms. The molecule has 0 amide bonds. The fourth-order valence-electron chi connectivity index (χ4n) is 2.54. The molecule has 0 radical (unpaired) electrons. The summed E-state index contributed by atoms with van der Waals surface area (Å²) >= 11 is 0. The lowest BCUT2D eigenvalue weighted by atomic mass is 10.0. The van der Waals surface area contributed by atoms with Gasteiger partial charge in [0.15, 0.2) is 0 Å². The first kappa shape index (κ1) is 16.2. The molecule has 19 heavy (non-hydrogen) atoms. The van der Waals surface area contributed by atoms with Gasteiger partial charge in [-0.1, -0.05) is 95.0 Å². The van der Waals surface area contributed by atoms with Crippen molar-refractivity contribution in [3.8, 4) is 0 Å². The number of nitrogens with two attached hydrogens (primary N) is 1. The van der Waals surface area contributed by atoms with Gasteiger partial charge in [-0.25, -0.2) is 0 Å². The second-order valence-corrected chi connectivity index (χ2v) is 5.63. The summed E-state index contributed by atoms with van der Waals surface area (Å²) in [5.41, 5.74) is 7.47. The van der Waals surface area contributed by atoms with Crippen molar-refractivity contribution in [3.05, 3.63) is 35.9 Å². The summed E-state index contributed by atoms with van der Waals surface area (Å²) in [7, 11) is 0. The van der Waals surface area contributed by atoms with E-state index in [2.05, 4.69) is 37.3 Å². The molecule has 1 atom stereocenters. The van der Waals surface area contributed by atoms with E-state index in [4.69, 9.17) is 5.73 Å². The summed E-state index contributed by atoms with van der Waals surface area (Å²) in [6.45, 7) is 2.27. The quantitative estimate of drug-likeness (QED) is 0.515. The molecule has 1 rings (SSSR count). The first-order valence-corrected chi connectivity index (χ1v) is 8.15. The maximum atomic E-state index is 6.19. The molecule has 1 heteroatoms. The Bertz CT molecular complexity index is 294. The SMILES string of the molecule is CCCCCCCCCCCC(N)c1ccccc1. The first-order valence-electron chi connectivity index (χ1n) is 8.15. The van der Waals surface area contributed by atoms with E-state index in [1.165, 1.54) is 63.4 Å². The van der Waals surface area contributed by atoms with E-state index in [9.17, 15) is 0 Å². The first-order chi connectivity index (χ1) is 9.34. The van der Waals surface area contributed by atoms with Gasteiger partial charge < -0.3 is 5.73 Å². The van der Waals surface area contributed by atoms with Crippen LogP contribution < -0.4 is 5.73 Å². The monoisotopic (exact) mass is 261 g/mol. The predicted octanol–water partition coefficient (Wildman–Crippen LogP) is 5.61. The maximum absolute atomic E-state index is 6.19. The minimum absolute atomic E-state index is 0.228. The van der Waals surface area contributed by atoms with Crippen LogP contribution in [0.4, 0.5) is 0 Å². The lowest BCUT2D eigenvalue weighted by molar-refractivity contribution is 0.532. The Morgan fingerprint density at radius 3 is 1.89 bits per heavy atom. The van der Waals surface area contributed by atoms with Crippen molar-refractivity contribution in [2.45, 2.75) is 77.2 Å². The van der Waals surface area contributed by atoms with Crippen LogP contribution in [-0.2, 0) is 0 Å². The molecule has 2 N–H and O–H groups in total. The van der Waals surface area contributed by atoms with Gasteiger partial charge in [0.1, 0.15) is 0 Å². The molecule has 1 unspecified atom stereocenters. The van der Waals surface area contributed by atoms with Crippen molar-refractivity contribution >= 4 is 0 Å². The van der Waals surface area contributed by atoms with Gasteiger partial charge in [0.2, 0.25) is 0 Å². The summed E-state index contributed by atoms with van der Waals surface area (Å²) < 4.78 is 0. The van der Waals surface area contributed by atoms with Gasteiger partial charge in [-0.15, -0.1) is 0 Å². The third kappa shape index (κ3) is 8.05. The molecule has 0 aliphatic rings. The van der Waals surface area contributed by atoms with E-state index in [1.54, 1.807) is 0 Å². The zero-order valence-corrected chi connectivity index (χ0v) is 12.6. The Morgan fingerprint density at radius 1 is 0.789 bits per heavy atom.